The van der Waals surface area contributed by atoms with Crippen molar-refractivity contribution in [3.8, 4) is 0 Å². The van der Waals surface area contributed by atoms with Crippen molar-refractivity contribution in [2.45, 2.75) is 18.9 Å². The summed E-state index contributed by atoms with van der Waals surface area (Å²) >= 11 is 0. The first kappa shape index (κ1) is 9.15. The van der Waals surface area contributed by atoms with Gasteiger partial charge in [-0.25, -0.2) is 0 Å². The summed E-state index contributed by atoms with van der Waals surface area (Å²) < 4.78 is 0. The molecule has 0 aliphatic heterocycles. The zero-order chi connectivity index (χ0) is 10.1. The van der Waals surface area contributed by atoms with Crippen LogP contribution in [0, 0.1) is 16.0 Å². The van der Waals surface area contributed by atoms with Gasteiger partial charge in [0, 0.05) is 17.7 Å². The highest BCUT2D eigenvalue weighted by molar-refractivity contribution is 5.42. The van der Waals surface area contributed by atoms with E-state index >= 15 is 0 Å². The van der Waals surface area contributed by atoms with E-state index in [1.54, 1.807) is 18.2 Å². The molecule has 2 rings (SSSR count). The molecule has 0 amide bonds. The minimum Gasteiger partial charge on any atom is -0.324 e. The third-order valence-corrected chi connectivity index (χ3v) is 2.62. The van der Waals surface area contributed by atoms with Crippen LogP contribution >= 0.6 is 0 Å². The van der Waals surface area contributed by atoms with Crippen molar-refractivity contribution in [3.05, 3.63) is 39.9 Å². The molecule has 1 aliphatic rings. The van der Waals surface area contributed by atoms with Crippen molar-refractivity contribution in [1.82, 2.24) is 0 Å². The van der Waals surface area contributed by atoms with Gasteiger partial charge in [-0.1, -0.05) is 18.2 Å². The Morgan fingerprint density at radius 1 is 1.43 bits per heavy atom. The molecule has 1 aromatic carbocycles. The maximum atomic E-state index is 10.7. The van der Waals surface area contributed by atoms with Crippen LogP contribution < -0.4 is 5.73 Å². The molecule has 1 aromatic rings. The molecule has 14 heavy (non-hydrogen) atoms. The highest BCUT2D eigenvalue weighted by atomic mass is 16.6. The molecule has 1 fully saturated rings. The molecule has 0 bridgehead atoms. The third kappa shape index (κ3) is 1.61. The van der Waals surface area contributed by atoms with E-state index in [1.165, 1.54) is 6.07 Å². The Labute approximate surface area is 81.9 Å². The zero-order valence-corrected chi connectivity index (χ0v) is 7.72. The zero-order valence-electron chi connectivity index (χ0n) is 7.72. The van der Waals surface area contributed by atoms with Crippen LogP contribution in [0.1, 0.15) is 24.4 Å². The van der Waals surface area contributed by atoms with E-state index in [4.69, 9.17) is 5.73 Å². The number of rotatable bonds is 3. The van der Waals surface area contributed by atoms with Crippen molar-refractivity contribution in [2.75, 3.05) is 0 Å². The molecule has 2 N–H and O–H groups in total. The van der Waals surface area contributed by atoms with E-state index in [2.05, 4.69) is 0 Å². The number of nitro groups is 1. The monoisotopic (exact) mass is 192 g/mol. The number of nitrogens with two attached hydrogens (primary N) is 1. The lowest BCUT2D eigenvalue weighted by Gasteiger charge is -2.10. The molecule has 1 atom stereocenters. The van der Waals surface area contributed by atoms with Gasteiger partial charge in [-0.2, -0.15) is 0 Å². The van der Waals surface area contributed by atoms with Gasteiger partial charge in [0.2, 0.25) is 0 Å². The largest absolute Gasteiger partial charge is 0.324 e. The molecule has 4 nitrogen and oxygen atoms in total. The Kier molecular flexibility index (Phi) is 2.21. The molecule has 1 aliphatic carbocycles. The van der Waals surface area contributed by atoms with Crippen molar-refractivity contribution >= 4 is 5.69 Å². The fourth-order valence-electron chi connectivity index (χ4n) is 1.64. The number of benzene rings is 1. The Hall–Kier alpha value is -1.42. The second kappa shape index (κ2) is 3.38. The predicted molar refractivity (Wildman–Crippen MR) is 52.7 cm³/mol. The molecule has 0 heterocycles. The number of hydrogen-bond acceptors (Lipinski definition) is 3. The first-order valence-electron chi connectivity index (χ1n) is 4.69. The highest BCUT2D eigenvalue weighted by Gasteiger charge is 2.32. The first-order valence-corrected chi connectivity index (χ1v) is 4.69. The number of hydrogen-bond donors (Lipinski definition) is 1. The summed E-state index contributed by atoms with van der Waals surface area (Å²) in [7, 11) is 0. The van der Waals surface area contributed by atoms with Crippen molar-refractivity contribution in [3.63, 3.8) is 0 Å². The fraction of sp³-hybridized carbons (Fsp3) is 0.400. The van der Waals surface area contributed by atoms with E-state index < -0.39 is 0 Å². The molecule has 0 saturated heterocycles. The minimum absolute atomic E-state index is 0.145. The summed E-state index contributed by atoms with van der Waals surface area (Å²) in [4.78, 5) is 10.4. The smallest absolute Gasteiger partial charge is 0.274 e. The molecule has 1 saturated carbocycles. The van der Waals surface area contributed by atoms with Gasteiger partial charge >= 0.3 is 0 Å². The number of nitro benzene ring substituents is 1. The van der Waals surface area contributed by atoms with Crippen LogP contribution in [0.4, 0.5) is 5.69 Å². The van der Waals surface area contributed by atoms with E-state index in [0.29, 0.717) is 11.5 Å². The Morgan fingerprint density at radius 2 is 2.07 bits per heavy atom. The molecule has 74 valence electrons. The molecule has 0 spiro atoms. The van der Waals surface area contributed by atoms with Crippen molar-refractivity contribution in [1.29, 1.82) is 0 Å². The average Bonchev–Trinajstić information content (AvgIpc) is 3.00. The lowest BCUT2D eigenvalue weighted by atomic mass is 10.0. The van der Waals surface area contributed by atoms with Gasteiger partial charge in [0.25, 0.3) is 5.69 Å². The van der Waals surface area contributed by atoms with Crippen molar-refractivity contribution in [2.24, 2.45) is 11.7 Å². The first-order chi connectivity index (χ1) is 6.70. The van der Waals surface area contributed by atoms with Gasteiger partial charge < -0.3 is 5.73 Å². The van der Waals surface area contributed by atoms with Crippen LogP contribution in [0.25, 0.3) is 0 Å². The second-order valence-electron chi connectivity index (χ2n) is 3.68. The Morgan fingerprint density at radius 3 is 2.64 bits per heavy atom. The lowest BCUT2D eigenvalue weighted by molar-refractivity contribution is -0.385. The maximum absolute atomic E-state index is 10.7. The summed E-state index contributed by atoms with van der Waals surface area (Å²) in [5, 5.41) is 10.7. The molecule has 0 radical (unpaired) electrons. The van der Waals surface area contributed by atoms with Crippen LogP contribution in [-0.4, -0.2) is 4.92 Å². The standard InChI is InChI=1S/C10H12N2O2/c11-10(7-5-6-7)8-3-1-2-4-9(8)12(13)14/h1-4,7,10H,5-6,11H2/t10-/m0/s1. The van der Waals surface area contributed by atoms with Crippen LogP contribution in [0.3, 0.4) is 0 Å². The van der Waals surface area contributed by atoms with Gasteiger partial charge in [-0.3, -0.25) is 10.1 Å². The van der Waals surface area contributed by atoms with E-state index in [0.717, 1.165) is 12.8 Å². The summed E-state index contributed by atoms with van der Waals surface area (Å²) in [6, 6.07) is 6.56. The topological polar surface area (TPSA) is 69.2 Å². The van der Waals surface area contributed by atoms with Crippen LogP contribution in [0.2, 0.25) is 0 Å². The molecular weight excluding hydrogens is 180 g/mol. The SMILES string of the molecule is N[C@H](c1ccccc1[N+](=O)[O-])C1CC1. The molecular formula is C10H12N2O2. The van der Waals surface area contributed by atoms with Crippen LogP contribution in [0.15, 0.2) is 24.3 Å². The molecule has 0 aromatic heterocycles. The van der Waals surface area contributed by atoms with E-state index in [1.807, 2.05) is 0 Å². The predicted octanol–water partition coefficient (Wildman–Crippen LogP) is 2.00. The Balaban J connectivity index is 2.34. The quantitative estimate of drug-likeness (QED) is 0.588. The van der Waals surface area contributed by atoms with Gasteiger partial charge in [0.15, 0.2) is 0 Å². The normalized spacial score (nSPS) is 17.8. The van der Waals surface area contributed by atoms with Crippen LogP contribution in [-0.2, 0) is 0 Å². The van der Waals surface area contributed by atoms with Crippen molar-refractivity contribution < 1.29 is 4.92 Å². The van der Waals surface area contributed by atoms with Gasteiger partial charge in [-0.05, 0) is 18.8 Å². The average molecular weight is 192 g/mol. The summed E-state index contributed by atoms with van der Waals surface area (Å²) in [6.45, 7) is 0. The van der Waals surface area contributed by atoms with Crippen LogP contribution in [0.5, 0.6) is 0 Å². The maximum Gasteiger partial charge on any atom is 0.274 e. The van der Waals surface area contributed by atoms with E-state index in [-0.39, 0.29) is 16.7 Å². The summed E-state index contributed by atoms with van der Waals surface area (Å²) in [5.41, 5.74) is 6.75. The van der Waals surface area contributed by atoms with Gasteiger partial charge in [0.05, 0.1) is 4.92 Å². The third-order valence-electron chi connectivity index (χ3n) is 2.62. The van der Waals surface area contributed by atoms with Gasteiger partial charge in [0.1, 0.15) is 0 Å². The number of nitrogens with zero attached hydrogens (tertiary/aromatic N) is 1. The summed E-state index contributed by atoms with van der Waals surface area (Å²) in [6.07, 6.45) is 2.18. The minimum atomic E-state index is -0.364. The lowest BCUT2D eigenvalue weighted by Crippen LogP contribution is -2.14. The molecule has 0 unspecified atom stereocenters. The second-order valence-corrected chi connectivity index (χ2v) is 3.68. The Bertz CT molecular complexity index is 361. The molecule has 4 heteroatoms. The number of para-hydroxylation sites is 1. The van der Waals surface area contributed by atoms with E-state index in [9.17, 15) is 10.1 Å². The highest BCUT2D eigenvalue weighted by Crippen LogP contribution is 2.41. The van der Waals surface area contributed by atoms with Gasteiger partial charge in [-0.15, -0.1) is 0 Å². The fourth-order valence-corrected chi connectivity index (χ4v) is 1.64. The summed E-state index contributed by atoms with van der Waals surface area (Å²) in [5.74, 6) is 0.441.